The number of anilines is 3. The zero-order valence-corrected chi connectivity index (χ0v) is 38.8. The molecule has 10 aromatic rings. The first kappa shape index (κ1) is 39.2. The quantitative estimate of drug-likeness (QED) is 0.167. The molecule has 1 spiro atoms. The van der Waals surface area contributed by atoms with E-state index in [1.54, 1.807) is 0 Å². The highest BCUT2D eigenvalue weighted by Crippen LogP contribution is 2.65. The summed E-state index contributed by atoms with van der Waals surface area (Å²) in [7, 11) is 0. The molecular formula is C67H49N. The van der Waals surface area contributed by atoms with E-state index in [2.05, 4.69) is 257 Å². The monoisotopic (exact) mass is 867 g/mol. The van der Waals surface area contributed by atoms with Gasteiger partial charge in [0.2, 0.25) is 0 Å². The van der Waals surface area contributed by atoms with Crippen molar-refractivity contribution in [1.29, 1.82) is 0 Å². The molecule has 10 aromatic carbocycles. The molecule has 0 N–H and O–H groups in total. The van der Waals surface area contributed by atoms with Crippen LogP contribution in [0.4, 0.5) is 17.1 Å². The van der Waals surface area contributed by atoms with Gasteiger partial charge in [0.05, 0.1) is 16.8 Å². The van der Waals surface area contributed by atoms with Crippen LogP contribution in [0.2, 0.25) is 0 Å². The van der Waals surface area contributed by atoms with Crippen molar-refractivity contribution in [3.63, 3.8) is 0 Å². The lowest BCUT2D eigenvalue weighted by atomic mass is 9.70. The Bertz CT molecular complexity index is 3720. The Morgan fingerprint density at radius 2 is 0.706 bits per heavy atom. The molecule has 322 valence electrons. The largest absolute Gasteiger partial charge is 0.309 e. The Morgan fingerprint density at radius 1 is 0.279 bits per heavy atom. The SMILES string of the molecule is CC1(C)c2ccccc2-c2c(-c3ccccc3N(c3cccc(-c4cccc5c4C(C)(C)c4ccccc4-5)c3)c3cccc4c3-c3ccccc3C43c4ccccc4-c4ccccc43)cccc21. The molecule has 0 amide bonds. The topological polar surface area (TPSA) is 3.24 Å². The van der Waals surface area contributed by atoms with Crippen LogP contribution in [0.15, 0.2) is 224 Å². The van der Waals surface area contributed by atoms with Crippen molar-refractivity contribution in [1.82, 2.24) is 0 Å². The summed E-state index contributed by atoms with van der Waals surface area (Å²) in [4.78, 5) is 2.59. The van der Waals surface area contributed by atoms with Gasteiger partial charge in [-0.25, -0.2) is 0 Å². The minimum Gasteiger partial charge on any atom is -0.309 e. The average Bonchev–Trinajstić information content (AvgIpc) is 4.02. The van der Waals surface area contributed by atoms with Crippen molar-refractivity contribution in [3.8, 4) is 66.8 Å². The fourth-order valence-corrected chi connectivity index (χ4v) is 13.5. The van der Waals surface area contributed by atoms with Crippen molar-refractivity contribution in [3.05, 3.63) is 269 Å². The van der Waals surface area contributed by atoms with Gasteiger partial charge in [-0.2, -0.15) is 0 Å². The van der Waals surface area contributed by atoms with Crippen LogP contribution in [0.3, 0.4) is 0 Å². The second kappa shape index (κ2) is 14.0. The Hall–Kier alpha value is -8.00. The van der Waals surface area contributed by atoms with E-state index >= 15 is 0 Å². The minimum atomic E-state index is -0.469. The summed E-state index contributed by atoms with van der Waals surface area (Å²) in [6, 6.07) is 84.9. The summed E-state index contributed by atoms with van der Waals surface area (Å²) in [6.45, 7) is 9.55. The van der Waals surface area contributed by atoms with Gasteiger partial charge in [0.25, 0.3) is 0 Å². The van der Waals surface area contributed by atoms with E-state index in [0.29, 0.717) is 0 Å². The predicted molar refractivity (Wildman–Crippen MR) is 283 cm³/mol. The number of hydrogen-bond acceptors (Lipinski definition) is 1. The van der Waals surface area contributed by atoms with Gasteiger partial charge in [-0.05, 0) is 124 Å². The fourth-order valence-electron chi connectivity index (χ4n) is 13.5. The Balaban J connectivity index is 1.06. The van der Waals surface area contributed by atoms with Crippen LogP contribution in [0, 0.1) is 0 Å². The highest BCUT2D eigenvalue weighted by atomic mass is 15.1. The molecule has 4 aliphatic carbocycles. The maximum absolute atomic E-state index is 2.59. The lowest BCUT2D eigenvalue weighted by Crippen LogP contribution is -2.26. The number of hydrogen-bond donors (Lipinski definition) is 0. The molecule has 4 aliphatic rings. The molecule has 0 aliphatic heterocycles. The van der Waals surface area contributed by atoms with E-state index in [1.165, 1.54) is 111 Å². The van der Waals surface area contributed by atoms with Gasteiger partial charge in [-0.1, -0.05) is 228 Å². The van der Waals surface area contributed by atoms with E-state index < -0.39 is 5.41 Å². The molecule has 0 heterocycles. The second-order valence-electron chi connectivity index (χ2n) is 20.3. The maximum atomic E-state index is 2.59. The lowest BCUT2D eigenvalue weighted by molar-refractivity contribution is 0.660. The predicted octanol–water partition coefficient (Wildman–Crippen LogP) is 17.4. The first-order valence-corrected chi connectivity index (χ1v) is 24.2. The highest BCUT2D eigenvalue weighted by Gasteiger charge is 2.52. The zero-order chi connectivity index (χ0) is 45.5. The molecule has 0 bridgehead atoms. The molecule has 0 saturated carbocycles. The Labute approximate surface area is 399 Å². The Kier molecular flexibility index (Phi) is 8.08. The third-order valence-corrected chi connectivity index (χ3v) is 16.3. The lowest BCUT2D eigenvalue weighted by Gasteiger charge is -2.33. The number of rotatable bonds is 5. The molecule has 0 fully saturated rings. The standard InChI is InChI=1S/C67H49N/c1-65(2)54-33-12-8-27-51(54)62-49(30-19-37-58(62)65)48-26-10-16-39-60(48)68(43-22-17-21-42(41-43)44-29-18-31-50-47-25-5-11-32-53(47)66(3,4)64(44)50)61-40-20-38-59-63(61)52-28-9-15-36-57(52)67(59)55-34-13-6-23-45(55)46-24-7-14-35-56(46)67/h5-41H,1-4H3. The summed E-state index contributed by atoms with van der Waals surface area (Å²) >= 11 is 0. The van der Waals surface area contributed by atoms with Crippen molar-refractivity contribution in [2.45, 2.75) is 43.9 Å². The first-order chi connectivity index (χ1) is 33.3. The van der Waals surface area contributed by atoms with Crippen LogP contribution >= 0.6 is 0 Å². The van der Waals surface area contributed by atoms with Gasteiger partial charge < -0.3 is 4.90 Å². The normalized spacial score (nSPS) is 15.1. The summed E-state index contributed by atoms with van der Waals surface area (Å²) in [5.41, 5.74) is 29.0. The summed E-state index contributed by atoms with van der Waals surface area (Å²) in [6.07, 6.45) is 0. The van der Waals surface area contributed by atoms with Gasteiger partial charge in [-0.3, -0.25) is 0 Å². The van der Waals surface area contributed by atoms with Gasteiger partial charge >= 0.3 is 0 Å². The molecule has 0 aromatic heterocycles. The summed E-state index contributed by atoms with van der Waals surface area (Å²) in [5, 5.41) is 0. The van der Waals surface area contributed by atoms with Gasteiger partial charge in [0.1, 0.15) is 0 Å². The van der Waals surface area contributed by atoms with Crippen LogP contribution in [0.1, 0.15) is 72.2 Å². The van der Waals surface area contributed by atoms with Crippen LogP contribution in [-0.4, -0.2) is 0 Å². The number of benzene rings is 10. The van der Waals surface area contributed by atoms with Gasteiger partial charge in [-0.15, -0.1) is 0 Å². The van der Waals surface area contributed by atoms with Gasteiger partial charge in [0, 0.05) is 27.6 Å². The molecule has 14 rings (SSSR count). The first-order valence-electron chi connectivity index (χ1n) is 24.2. The molecule has 0 atom stereocenters. The Morgan fingerprint density at radius 3 is 1.40 bits per heavy atom. The highest BCUT2D eigenvalue weighted by molar-refractivity contribution is 6.04. The molecular weight excluding hydrogens is 819 g/mol. The van der Waals surface area contributed by atoms with E-state index in [-0.39, 0.29) is 10.8 Å². The molecule has 68 heavy (non-hydrogen) atoms. The molecule has 0 saturated heterocycles. The van der Waals surface area contributed by atoms with E-state index in [1.807, 2.05) is 0 Å². The molecule has 0 unspecified atom stereocenters. The average molecular weight is 868 g/mol. The minimum absolute atomic E-state index is 0.125. The van der Waals surface area contributed by atoms with Crippen molar-refractivity contribution < 1.29 is 0 Å². The molecule has 0 radical (unpaired) electrons. The summed E-state index contributed by atoms with van der Waals surface area (Å²) in [5.74, 6) is 0. The van der Waals surface area contributed by atoms with Crippen molar-refractivity contribution in [2.24, 2.45) is 0 Å². The number of fused-ring (bicyclic) bond motifs is 16. The van der Waals surface area contributed by atoms with Crippen LogP contribution in [-0.2, 0) is 16.2 Å². The fraction of sp³-hybridized carbons (Fsp3) is 0.104. The zero-order valence-electron chi connectivity index (χ0n) is 38.8. The second-order valence-corrected chi connectivity index (χ2v) is 20.3. The maximum Gasteiger partial charge on any atom is 0.0726 e. The summed E-state index contributed by atoms with van der Waals surface area (Å²) < 4.78 is 0. The van der Waals surface area contributed by atoms with Crippen LogP contribution in [0.25, 0.3) is 66.8 Å². The van der Waals surface area contributed by atoms with Gasteiger partial charge in [0.15, 0.2) is 0 Å². The third kappa shape index (κ3) is 5.01. The van der Waals surface area contributed by atoms with E-state index in [4.69, 9.17) is 0 Å². The number of nitrogens with zero attached hydrogens (tertiary/aromatic N) is 1. The van der Waals surface area contributed by atoms with Crippen molar-refractivity contribution >= 4 is 17.1 Å². The van der Waals surface area contributed by atoms with E-state index in [0.717, 1.165) is 17.1 Å². The third-order valence-electron chi connectivity index (χ3n) is 16.3. The van der Waals surface area contributed by atoms with Crippen LogP contribution < -0.4 is 4.90 Å². The van der Waals surface area contributed by atoms with Crippen LogP contribution in [0.5, 0.6) is 0 Å². The smallest absolute Gasteiger partial charge is 0.0726 e. The number of para-hydroxylation sites is 1. The molecule has 1 heteroatoms. The molecule has 1 nitrogen and oxygen atoms in total. The van der Waals surface area contributed by atoms with Crippen molar-refractivity contribution in [2.75, 3.05) is 4.90 Å². The van der Waals surface area contributed by atoms with E-state index in [9.17, 15) is 0 Å².